The Morgan fingerprint density at radius 3 is 2.70 bits per heavy atom. The third kappa shape index (κ3) is 3.54. The maximum absolute atomic E-state index is 5.62. The van der Waals surface area contributed by atoms with Gasteiger partial charge >= 0.3 is 0 Å². The molecular weight excluding hydrogens is 314 g/mol. The van der Waals surface area contributed by atoms with Crippen molar-refractivity contribution in [2.75, 3.05) is 37.6 Å². The van der Waals surface area contributed by atoms with Crippen molar-refractivity contribution < 1.29 is 0 Å². The van der Waals surface area contributed by atoms with E-state index in [-0.39, 0.29) is 0 Å². The van der Waals surface area contributed by atoms with Gasteiger partial charge in [0.2, 0.25) is 0 Å². The molecule has 0 bridgehead atoms. The predicted molar refractivity (Wildman–Crippen MR) is 90.4 cm³/mol. The second-order valence-corrected chi connectivity index (χ2v) is 6.29. The van der Waals surface area contributed by atoms with Gasteiger partial charge in [0.1, 0.15) is 0 Å². The molecule has 2 rings (SSSR count). The molecule has 0 amide bonds. The molecule has 1 aromatic rings. The molecule has 1 saturated heterocycles. The van der Waals surface area contributed by atoms with Crippen molar-refractivity contribution in [3.63, 3.8) is 0 Å². The first kappa shape index (κ1) is 15.8. The molecule has 112 valence electrons. The van der Waals surface area contributed by atoms with E-state index in [9.17, 15) is 0 Å². The van der Waals surface area contributed by atoms with Gasteiger partial charge in [-0.25, -0.2) is 0 Å². The molecule has 1 aliphatic heterocycles. The van der Waals surface area contributed by atoms with Crippen molar-refractivity contribution in [2.45, 2.75) is 32.7 Å². The summed E-state index contributed by atoms with van der Waals surface area (Å²) >= 11 is 3.72. The lowest BCUT2D eigenvalue weighted by Crippen LogP contribution is -2.37. The highest BCUT2D eigenvalue weighted by molar-refractivity contribution is 9.10. The molecular formula is C16H26BrN3. The van der Waals surface area contributed by atoms with E-state index < -0.39 is 0 Å². The van der Waals surface area contributed by atoms with Gasteiger partial charge in [-0.3, -0.25) is 4.90 Å². The van der Waals surface area contributed by atoms with Crippen LogP contribution in [0.25, 0.3) is 0 Å². The van der Waals surface area contributed by atoms with Crippen LogP contribution in [0.3, 0.4) is 0 Å². The maximum Gasteiger partial charge on any atom is 0.0511 e. The Balaban J connectivity index is 2.06. The molecule has 4 heteroatoms. The Labute approximate surface area is 131 Å². The zero-order valence-corrected chi connectivity index (χ0v) is 14.2. The van der Waals surface area contributed by atoms with Gasteiger partial charge in [-0.05, 0) is 66.1 Å². The molecule has 1 aromatic carbocycles. The number of anilines is 1. The average molecular weight is 340 g/mol. The van der Waals surface area contributed by atoms with Gasteiger partial charge in [-0.1, -0.05) is 19.9 Å². The lowest BCUT2D eigenvalue weighted by molar-refractivity contribution is 0.232. The summed E-state index contributed by atoms with van der Waals surface area (Å²) in [6, 6.07) is 7.35. The first-order chi connectivity index (χ1) is 9.69. The quantitative estimate of drug-likeness (QED) is 0.864. The normalized spacial score (nSPS) is 19.1. The summed E-state index contributed by atoms with van der Waals surface area (Å²) in [5.74, 6) is 0. The van der Waals surface area contributed by atoms with Gasteiger partial charge in [0.15, 0.2) is 0 Å². The third-order valence-electron chi connectivity index (χ3n) is 4.28. The SMILES string of the molecule is CCN(CC)C1CCN(c2ccc(CCN)cc2Br)C1. The number of nitrogens with zero attached hydrogens (tertiary/aromatic N) is 2. The Bertz CT molecular complexity index is 432. The van der Waals surface area contributed by atoms with E-state index in [1.165, 1.54) is 22.1 Å². The van der Waals surface area contributed by atoms with Gasteiger partial charge in [-0.15, -0.1) is 0 Å². The van der Waals surface area contributed by atoms with Gasteiger partial charge in [0, 0.05) is 23.6 Å². The second kappa shape index (κ2) is 7.43. The highest BCUT2D eigenvalue weighted by Crippen LogP contribution is 2.31. The summed E-state index contributed by atoms with van der Waals surface area (Å²) in [5.41, 5.74) is 8.25. The topological polar surface area (TPSA) is 32.5 Å². The van der Waals surface area contributed by atoms with Crippen molar-refractivity contribution in [2.24, 2.45) is 5.73 Å². The zero-order valence-electron chi connectivity index (χ0n) is 12.6. The van der Waals surface area contributed by atoms with E-state index >= 15 is 0 Å². The van der Waals surface area contributed by atoms with E-state index in [1.807, 2.05) is 0 Å². The average Bonchev–Trinajstić information content (AvgIpc) is 2.90. The van der Waals surface area contributed by atoms with Crippen molar-refractivity contribution in [3.05, 3.63) is 28.2 Å². The minimum absolute atomic E-state index is 0.695. The molecule has 0 aliphatic carbocycles. The monoisotopic (exact) mass is 339 g/mol. The van der Waals surface area contributed by atoms with Crippen LogP contribution in [0.5, 0.6) is 0 Å². The Kier molecular flexibility index (Phi) is 5.87. The van der Waals surface area contributed by atoms with Crippen molar-refractivity contribution in [1.82, 2.24) is 4.90 Å². The Morgan fingerprint density at radius 1 is 1.35 bits per heavy atom. The number of benzene rings is 1. The van der Waals surface area contributed by atoms with Crippen molar-refractivity contribution in [1.29, 1.82) is 0 Å². The maximum atomic E-state index is 5.62. The summed E-state index contributed by atoms with van der Waals surface area (Å²) in [6.45, 7) is 9.79. The summed E-state index contributed by atoms with van der Waals surface area (Å²) in [7, 11) is 0. The van der Waals surface area contributed by atoms with Crippen molar-refractivity contribution >= 4 is 21.6 Å². The van der Waals surface area contributed by atoms with Crippen LogP contribution >= 0.6 is 15.9 Å². The molecule has 3 nitrogen and oxygen atoms in total. The number of hydrogen-bond acceptors (Lipinski definition) is 3. The molecule has 1 aliphatic rings. The zero-order chi connectivity index (χ0) is 14.5. The van der Waals surface area contributed by atoms with Crippen LogP contribution in [0.2, 0.25) is 0 Å². The lowest BCUT2D eigenvalue weighted by Gasteiger charge is -2.27. The van der Waals surface area contributed by atoms with E-state index in [0.717, 1.165) is 32.6 Å². The molecule has 1 fully saturated rings. The van der Waals surface area contributed by atoms with E-state index in [0.29, 0.717) is 12.6 Å². The van der Waals surface area contributed by atoms with Crippen LogP contribution in [-0.2, 0) is 6.42 Å². The molecule has 1 atom stereocenters. The Hall–Kier alpha value is -0.580. The van der Waals surface area contributed by atoms with Crippen LogP contribution in [-0.4, -0.2) is 43.7 Å². The molecule has 0 radical (unpaired) electrons. The molecule has 0 saturated carbocycles. The fourth-order valence-electron chi connectivity index (χ4n) is 3.13. The van der Waals surface area contributed by atoms with E-state index in [4.69, 9.17) is 5.73 Å². The Morgan fingerprint density at radius 2 is 2.10 bits per heavy atom. The van der Waals surface area contributed by atoms with E-state index in [1.54, 1.807) is 0 Å². The number of hydrogen-bond donors (Lipinski definition) is 1. The van der Waals surface area contributed by atoms with Crippen LogP contribution in [0.1, 0.15) is 25.8 Å². The molecule has 0 spiro atoms. The van der Waals surface area contributed by atoms with Crippen molar-refractivity contribution in [3.8, 4) is 0 Å². The molecule has 20 heavy (non-hydrogen) atoms. The minimum Gasteiger partial charge on any atom is -0.369 e. The second-order valence-electron chi connectivity index (χ2n) is 5.43. The lowest BCUT2D eigenvalue weighted by atomic mass is 10.1. The van der Waals surface area contributed by atoms with Crippen LogP contribution < -0.4 is 10.6 Å². The van der Waals surface area contributed by atoms with Gasteiger partial charge in [-0.2, -0.15) is 0 Å². The third-order valence-corrected chi connectivity index (χ3v) is 4.91. The fourth-order valence-corrected chi connectivity index (χ4v) is 3.80. The molecule has 0 aromatic heterocycles. The van der Waals surface area contributed by atoms with Gasteiger partial charge < -0.3 is 10.6 Å². The smallest absolute Gasteiger partial charge is 0.0511 e. The summed E-state index contributed by atoms with van der Waals surface area (Å²) in [4.78, 5) is 5.07. The first-order valence-corrected chi connectivity index (χ1v) is 8.46. The van der Waals surface area contributed by atoms with Crippen LogP contribution in [0, 0.1) is 0 Å². The van der Waals surface area contributed by atoms with Gasteiger partial charge in [0.25, 0.3) is 0 Å². The predicted octanol–water partition coefficient (Wildman–Crippen LogP) is 2.87. The minimum atomic E-state index is 0.695. The summed E-state index contributed by atoms with van der Waals surface area (Å²) in [6.07, 6.45) is 2.21. The largest absolute Gasteiger partial charge is 0.369 e. The fraction of sp³-hybridized carbons (Fsp3) is 0.625. The molecule has 2 N–H and O–H groups in total. The number of likely N-dealkylation sites (N-methyl/N-ethyl adjacent to an activating group) is 1. The highest BCUT2D eigenvalue weighted by atomic mass is 79.9. The summed E-state index contributed by atoms with van der Waals surface area (Å²) < 4.78 is 1.20. The van der Waals surface area contributed by atoms with E-state index in [2.05, 4.69) is 57.8 Å². The summed E-state index contributed by atoms with van der Waals surface area (Å²) in [5, 5.41) is 0. The van der Waals surface area contributed by atoms with Gasteiger partial charge in [0.05, 0.1) is 5.69 Å². The van der Waals surface area contributed by atoms with Crippen LogP contribution in [0.4, 0.5) is 5.69 Å². The number of nitrogens with two attached hydrogens (primary N) is 1. The molecule has 1 unspecified atom stereocenters. The number of rotatable bonds is 6. The highest BCUT2D eigenvalue weighted by Gasteiger charge is 2.27. The molecule has 1 heterocycles. The number of halogens is 1. The standard InChI is InChI=1S/C16H26BrN3/c1-3-19(4-2)14-8-10-20(12-14)16-6-5-13(7-9-18)11-15(16)17/h5-6,11,14H,3-4,7-10,12,18H2,1-2H3. The first-order valence-electron chi connectivity index (χ1n) is 7.67. The van der Waals surface area contributed by atoms with Crippen LogP contribution in [0.15, 0.2) is 22.7 Å².